The number of hydrogen-bond acceptors (Lipinski definition) is 3. The Balaban J connectivity index is 4.54. The molecule has 4 unspecified atom stereocenters. The first-order valence-corrected chi connectivity index (χ1v) is 9.59. The normalized spacial score (nSPS) is 16.0. The fourth-order valence-corrected chi connectivity index (χ4v) is 3.67. The molecule has 0 bridgehead atoms. The summed E-state index contributed by atoms with van der Waals surface area (Å²) in [5, 5.41) is 9.28. The lowest BCUT2D eigenvalue weighted by molar-refractivity contribution is -0.142. The van der Waals surface area contributed by atoms with Gasteiger partial charge in [-0.2, -0.15) is 4.89 Å². The third-order valence-corrected chi connectivity index (χ3v) is 5.39. The quantitative estimate of drug-likeness (QED) is 0.441. The second-order valence-electron chi connectivity index (χ2n) is 6.83. The minimum atomic E-state index is -2.60. The Labute approximate surface area is 139 Å². The number of amides is 1. The van der Waals surface area contributed by atoms with E-state index in [1.165, 1.54) is 0 Å². The summed E-state index contributed by atoms with van der Waals surface area (Å²) in [5.74, 6) is -1.69. The molecule has 0 saturated carbocycles. The molecule has 1 amide bonds. The standard InChI is InChI=1S/C16H30NO5P/c1-11(2)5-4-6-12(3)7-9-14(23(21)22)13(16(19)20)8-10-15(17)18/h11-14H,4-10H2,1-3H3,(H3-,17,18,19,20,21,22)/p+1. The van der Waals surface area contributed by atoms with Crippen LogP contribution in [0, 0.1) is 17.8 Å². The molecule has 134 valence electrons. The van der Waals surface area contributed by atoms with Crippen LogP contribution in [0.5, 0.6) is 0 Å². The Morgan fingerprint density at radius 2 is 1.65 bits per heavy atom. The van der Waals surface area contributed by atoms with Gasteiger partial charge in [0, 0.05) is 6.42 Å². The van der Waals surface area contributed by atoms with E-state index < -0.39 is 31.5 Å². The van der Waals surface area contributed by atoms with Gasteiger partial charge in [0.25, 0.3) is 0 Å². The van der Waals surface area contributed by atoms with Crippen molar-refractivity contribution in [1.29, 1.82) is 0 Å². The monoisotopic (exact) mass is 348 g/mol. The van der Waals surface area contributed by atoms with Crippen LogP contribution in [0.3, 0.4) is 0 Å². The highest BCUT2D eigenvalue weighted by molar-refractivity contribution is 7.39. The molecule has 0 aliphatic rings. The number of carbonyl (C=O) groups is 2. The predicted molar refractivity (Wildman–Crippen MR) is 90.3 cm³/mol. The lowest BCUT2D eigenvalue weighted by Gasteiger charge is -2.17. The lowest BCUT2D eigenvalue weighted by atomic mass is 9.91. The summed E-state index contributed by atoms with van der Waals surface area (Å²) in [6, 6.07) is 0. The number of rotatable bonds is 13. The molecule has 4 N–H and O–H groups in total. The number of hydrogen-bond donors (Lipinski definition) is 3. The number of nitrogens with two attached hydrogens (primary N) is 1. The minimum absolute atomic E-state index is 0.0126. The average molecular weight is 348 g/mol. The van der Waals surface area contributed by atoms with Crippen LogP contribution in [0.15, 0.2) is 0 Å². The van der Waals surface area contributed by atoms with Crippen LogP contribution in [0.4, 0.5) is 0 Å². The molecule has 0 aromatic heterocycles. The van der Waals surface area contributed by atoms with Crippen molar-refractivity contribution in [3.05, 3.63) is 0 Å². The maximum atomic E-state index is 11.6. The number of aliphatic carboxylic acids is 1. The molecule has 0 aliphatic carbocycles. The summed E-state index contributed by atoms with van der Waals surface area (Å²) in [7, 11) is -2.60. The molecule has 7 heteroatoms. The Hall–Kier alpha value is -1.00. The molecule has 0 radical (unpaired) electrons. The van der Waals surface area contributed by atoms with Crippen molar-refractivity contribution >= 4 is 19.9 Å². The first-order valence-electron chi connectivity index (χ1n) is 8.31. The predicted octanol–water partition coefficient (Wildman–Crippen LogP) is 3.30. The Bertz CT molecular complexity index is 400. The number of carboxylic acid groups (broad SMARTS) is 1. The van der Waals surface area contributed by atoms with E-state index in [-0.39, 0.29) is 12.8 Å². The van der Waals surface area contributed by atoms with Crippen LogP contribution in [-0.4, -0.2) is 27.5 Å². The molecule has 0 aromatic carbocycles. The summed E-state index contributed by atoms with van der Waals surface area (Å²) in [6.07, 6.45) is 4.32. The van der Waals surface area contributed by atoms with Gasteiger partial charge in [-0.1, -0.05) is 40.0 Å². The fourth-order valence-electron chi connectivity index (χ4n) is 2.72. The van der Waals surface area contributed by atoms with E-state index in [0.29, 0.717) is 24.7 Å². The van der Waals surface area contributed by atoms with Crippen LogP contribution in [0.2, 0.25) is 0 Å². The van der Waals surface area contributed by atoms with Gasteiger partial charge in [-0.15, -0.1) is 0 Å². The van der Waals surface area contributed by atoms with E-state index >= 15 is 0 Å². The van der Waals surface area contributed by atoms with Crippen LogP contribution in [0.1, 0.15) is 65.7 Å². The molecule has 0 saturated heterocycles. The smallest absolute Gasteiger partial charge is 0.481 e. The average Bonchev–Trinajstić information content (AvgIpc) is 2.40. The number of carbonyl (C=O) groups excluding carboxylic acids is 1. The first kappa shape index (κ1) is 22.0. The van der Waals surface area contributed by atoms with E-state index in [1.54, 1.807) is 0 Å². The molecule has 0 spiro atoms. The molecule has 0 aliphatic heterocycles. The van der Waals surface area contributed by atoms with E-state index in [4.69, 9.17) is 5.73 Å². The third-order valence-electron chi connectivity index (χ3n) is 4.20. The summed E-state index contributed by atoms with van der Waals surface area (Å²) in [5.41, 5.74) is 4.23. The molecule has 4 atom stereocenters. The van der Waals surface area contributed by atoms with E-state index in [0.717, 1.165) is 19.3 Å². The highest BCUT2D eigenvalue weighted by atomic mass is 31.1. The van der Waals surface area contributed by atoms with Gasteiger partial charge in [-0.3, -0.25) is 9.59 Å². The van der Waals surface area contributed by atoms with Gasteiger partial charge in [0.15, 0.2) is 0 Å². The SMILES string of the molecule is CC(C)CCCC(C)CCC(C(CCC(N)=O)C(=O)O)[P+](=O)O. The minimum Gasteiger partial charge on any atom is -0.481 e. The van der Waals surface area contributed by atoms with Crippen molar-refractivity contribution in [2.45, 2.75) is 71.4 Å². The fraction of sp³-hybridized carbons (Fsp3) is 0.875. The van der Waals surface area contributed by atoms with Gasteiger partial charge in [-0.25, -0.2) is 0 Å². The van der Waals surface area contributed by atoms with Crippen LogP contribution in [0.25, 0.3) is 0 Å². The van der Waals surface area contributed by atoms with Gasteiger partial charge >= 0.3 is 14.0 Å². The first-order chi connectivity index (χ1) is 10.6. The second kappa shape index (κ2) is 11.5. The molecule has 0 aromatic rings. The third kappa shape index (κ3) is 10.4. The number of carboxylic acids is 1. The van der Waals surface area contributed by atoms with Gasteiger partial charge in [0.05, 0.1) is 0 Å². The van der Waals surface area contributed by atoms with Crippen molar-refractivity contribution in [3.63, 3.8) is 0 Å². The summed E-state index contributed by atoms with van der Waals surface area (Å²) >= 11 is 0. The Morgan fingerprint density at radius 3 is 2.09 bits per heavy atom. The summed E-state index contributed by atoms with van der Waals surface area (Å²) in [4.78, 5) is 31.7. The van der Waals surface area contributed by atoms with E-state index in [2.05, 4.69) is 20.8 Å². The summed E-state index contributed by atoms with van der Waals surface area (Å²) in [6.45, 7) is 6.43. The van der Waals surface area contributed by atoms with E-state index in [9.17, 15) is 24.2 Å². The van der Waals surface area contributed by atoms with Crippen LogP contribution >= 0.6 is 8.03 Å². The van der Waals surface area contributed by atoms with Crippen molar-refractivity contribution in [2.75, 3.05) is 0 Å². The van der Waals surface area contributed by atoms with Gasteiger partial charge in [0.2, 0.25) is 11.6 Å². The lowest BCUT2D eigenvalue weighted by Crippen LogP contribution is -2.28. The van der Waals surface area contributed by atoms with E-state index in [1.807, 2.05) is 0 Å². The zero-order valence-electron chi connectivity index (χ0n) is 14.4. The van der Waals surface area contributed by atoms with Crippen LogP contribution < -0.4 is 5.73 Å². The van der Waals surface area contributed by atoms with Crippen molar-refractivity contribution in [3.8, 4) is 0 Å². The van der Waals surface area contributed by atoms with Gasteiger partial charge < -0.3 is 10.8 Å². The highest BCUT2D eigenvalue weighted by Crippen LogP contribution is 2.36. The van der Waals surface area contributed by atoms with Gasteiger partial charge in [-0.05, 0) is 35.7 Å². The highest BCUT2D eigenvalue weighted by Gasteiger charge is 2.41. The Kier molecular flexibility index (Phi) is 11.0. The van der Waals surface area contributed by atoms with Crippen molar-refractivity contribution in [2.24, 2.45) is 23.5 Å². The van der Waals surface area contributed by atoms with Crippen molar-refractivity contribution in [1.82, 2.24) is 0 Å². The number of primary amides is 1. The molecule has 0 rings (SSSR count). The summed E-state index contributed by atoms with van der Waals surface area (Å²) < 4.78 is 11.6. The van der Waals surface area contributed by atoms with Crippen LogP contribution in [-0.2, 0) is 14.2 Å². The molecule has 0 fully saturated rings. The maximum Gasteiger partial charge on any atom is 0.509 e. The van der Waals surface area contributed by atoms with Gasteiger partial charge in [0.1, 0.15) is 5.92 Å². The maximum absolute atomic E-state index is 11.6. The molecule has 23 heavy (non-hydrogen) atoms. The molecule has 6 nitrogen and oxygen atoms in total. The second-order valence-corrected chi connectivity index (χ2v) is 8.10. The molecular formula is C16H31NO5P+. The topological polar surface area (TPSA) is 118 Å². The molecular weight excluding hydrogens is 317 g/mol. The zero-order chi connectivity index (χ0) is 18.0. The molecule has 0 heterocycles. The van der Waals surface area contributed by atoms with Crippen molar-refractivity contribution < 1.29 is 24.2 Å². The Morgan fingerprint density at radius 1 is 1.04 bits per heavy atom. The largest absolute Gasteiger partial charge is 0.509 e. The zero-order valence-corrected chi connectivity index (χ0v) is 15.3.